The summed E-state index contributed by atoms with van der Waals surface area (Å²) in [6.45, 7) is 6.50. The summed E-state index contributed by atoms with van der Waals surface area (Å²) in [4.78, 5) is 29.0. The molecule has 1 N–H and O–H groups in total. The van der Waals surface area contributed by atoms with Gasteiger partial charge in [-0.15, -0.1) is 0 Å². The molecule has 0 bridgehead atoms. The Morgan fingerprint density at radius 2 is 2.00 bits per heavy atom. The lowest BCUT2D eigenvalue weighted by Gasteiger charge is -2.46. The minimum atomic E-state index is -1.03. The second kappa shape index (κ2) is 6.67. The number of ether oxygens (including phenoxy) is 2. The van der Waals surface area contributed by atoms with E-state index in [0.29, 0.717) is 18.9 Å². The Morgan fingerprint density at radius 1 is 1.33 bits per heavy atom. The van der Waals surface area contributed by atoms with Crippen molar-refractivity contribution >= 4 is 12.1 Å². The molecule has 132 valence electrons. The van der Waals surface area contributed by atoms with Gasteiger partial charge in [0.2, 0.25) is 5.88 Å². The van der Waals surface area contributed by atoms with E-state index in [4.69, 9.17) is 14.6 Å². The van der Waals surface area contributed by atoms with Crippen LogP contribution in [0, 0.1) is 10.8 Å². The number of carbonyl (C=O) groups excluding carboxylic acids is 1. The van der Waals surface area contributed by atoms with Gasteiger partial charge in [0.15, 0.2) is 0 Å². The highest BCUT2D eigenvalue weighted by Gasteiger charge is 2.52. The predicted octanol–water partition coefficient (Wildman–Crippen LogP) is 2.20. The maximum atomic E-state index is 12.6. The molecule has 24 heavy (non-hydrogen) atoms. The molecule has 1 aromatic heterocycles. The highest BCUT2D eigenvalue weighted by molar-refractivity contribution is 5.82. The van der Waals surface area contributed by atoms with Crippen molar-refractivity contribution in [1.82, 2.24) is 9.88 Å². The van der Waals surface area contributed by atoms with Crippen LogP contribution in [0.25, 0.3) is 0 Å². The molecular weight excluding hydrogens is 312 g/mol. The van der Waals surface area contributed by atoms with E-state index in [1.54, 1.807) is 12.3 Å². The Morgan fingerprint density at radius 3 is 2.46 bits per heavy atom. The summed E-state index contributed by atoms with van der Waals surface area (Å²) in [7, 11) is 1.53. The fraction of sp³-hybridized carbons (Fsp3) is 0.588. The van der Waals surface area contributed by atoms with Gasteiger partial charge in [-0.1, -0.05) is 26.8 Å². The molecule has 0 saturated carbocycles. The molecule has 0 atom stereocenters. The molecule has 7 nitrogen and oxygen atoms in total. The summed E-state index contributed by atoms with van der Waals surface area (Å²) >= 11 is 0. The zero-order valence-corrected chi connectivity index (χ0v) is 14.5. The first-order chi connectivity index (χ1) is 11.1. The monoisotopic (exact) mass is 336 g/mol. The molecule has 1 amide bonds. The summed E-state index contributed by atoms with van der Waals surface area (Å²) in [6, 6.07) is 3.55. The molecule has 0 aliphatic carbocycles. The molecular formula is C17H24N2O5. The highest BCUT2D eigenvalue weighted by atomic mass is 16.5. The second-order valence-corrected chi connectivity index (χ2v) is 7.44. The van der Waals surface area contributed by atoms with Crippen LogP contribution < -0.4 is 4.74 Å². The van der Waals surface area contributed by atoms with Crippen molar-refractivity contribution in [3.63, 3.8) is 0 Å². The molecule has 2 rings (SSSR count). The van der Waals surface area contributed by atoms with Crippen LogP contribution in [0.4, 0.5) is 4.79 Å². The first-order valence-electron chi connectivity index (χ1n) is 7.79. The van der Waals surface area contributed by atoms with Crippen LogP contribution in [0.3, 0.4) is 0 Å². The van der Waals surface area contributed by atoms with Crippen LogP contribution in [0.1, 0.15) is 26.3 Å². The van der Waals surface area contributed by atoms with E-state index in [0.717, 1.165) is 5.56 Å². The fourth-order valence-corrected chi connectivity index (χ4v) is 2.59. The van der Waals surface area contributed by atoms with Gasteiger partial charge in [-0.25, -0.2) is 9.78 Å². The number of carbonyl (C=O) groups is 2. The summed E-state index contributed by atoms with van der Waals surface area (Å²) in [5, 5.41) is 9.09. The Balaban J connectivity index is 2.12. The van der Waals surface area contributed by atoms with Crippen molar-refractivity contribution < 1.29 is 24.2 Å². The van der Waals surface area contributed by atoms with E-state index in [2.05, 4.69) is 4.98 Å². The first kappa shape index (κ1) is 18.0. The fourth-order valence-electron chi connectivity index (χ4n) is 2.59. The molecule has 1 fully saturated rings. The Kier molecular flexibility index (Phi) is 5.01. The molecule has 0 aromatic carbocycles. The maximum absolute atomic E-state index is 12.6. The Hall–Kier alpha value is -2.31. The zero-order valence-electron chi connectivity index (χ0n) is 14.5. The summed E-state index contributed by atoms with van der Waals surface area (Å²) in [5.74, 6) is 0.134. The molecule has 1 saturated heterocycles. The molecule has 0 spiro atoms. The van der Waals surface area contributed by atoms with Crippen molar-refractivity contribution in [3.05, 3.63) is 23.9 Å². The van der Waals surface area contributed by atoms with Gasteiger partial charge in [0.05, 0.1) is 13.7 Å². The number of pyridine rings is 1. The molecule has 2 heterocycles. The molecule has 1 aromatic rings. The van der Waals surface area contributed by atoms with Crippen molar-refractivity contribution in [3.8, 4) is 5.88 Å². The number of aromatic nitrogens is 1. The van der Waals surface area contributed by atoms with Gasteiger partial charge in [-0.3, -0.25) is 4.79 Å². The standard InChI is InChI=1S/C17H24N2O5/c1-16(2,3)11-24-14(20)17(9-19(10-17)15(21)22)7-12-5-6-13(23-4)18-8-12/h5-6,8H,7,9-11H2,1-4H3,(H,21,22). The lowest BCUT2D eigenvalue weighted by molar-refractivity contribution is -0.168. The molecule has 0 unspecified atom stereocenters. The van der Waals surface area contributed by atoms with Crippen LogP contribution in [-0.2, 0) is 16.0 Å². The third kappa shape index (κ3) is 4.15. The van der Waals surface area contributed by atoms with Crippen molar-refractivity contribution in [2.75, 3.05) is 26.8 Å². The number of amides is 1. The van der Waals surface area contributed by atoms with Crippen LogP contribution >= 0.6 is 0 Å². The van der Waals surface area contributed by atoms with Crippen molar-refractivity contribution in [2.24, 2.45) is 10.8 Å². The third-order valence-corrected chi connectivity index (χ3v) is 3.88. The maximum Gasteiger partial charge on any atom is 0.407 e. The SMILES string of the molecule is COc1ccc(CC2(C(=O)OCC(C)(C)C)CN(C(=O)O)C2)cn1. The molecule has 1 aliphatic rings. The average Bonchev–Trinajstić information content (AvgIpc) is 2.47. The number of likely N-dealkylation sites (tertiary alicyclic amines) is 1. The minimum absolute atomic E-state index is 0.136. The normalized spacial score (nSPS) is 16.2. The van der Waals surface area contributed by atoms with E-state index >= 15 is 0 Å². The lowest BCUT2D eigenvalue weighted by Crippen LogP contribution is -2.63. The predicted molar refractivity (Wildman–Crippen MR) is 86.9 cm³/mol. The minimum Gasteiger partial charge on any atom is -0.481 e. The molecule has 1 aliphatic heterocycles. The van der Waals surface area contributed by atoms with E-state index in [1.807, 2.05) is 26.8 Å². The number of hydrogen-bond acceptors (Lipinski definition) is 5. The van der Waals surface area contributed by atoms with Gasteiger partial charge in [0.1, 0.15) is 5.41 Å². The second-order valence-electron chi connectivity index (χ2n) is 7.44. The molecule has 0 radical (unpaired) electrons. The lowest BCUT2D eigenvalue weighted by atomic mass is 9.75. The van der Waals surface area contributed by atoms with E-state index in [-0.39, 0.29) is 24.5 Å². The first-order valence-corrected chi connectivity index (χ1v) is 7.79. The number of esters is 1. The largest absolute Gasteiger partial charge is 0.481 e. The van der Waals surface area contributed by atoms with Gasteiger partial charge in [0, 0.05) is 25.4 Å². The third-order valence-electron chi connectivity index (χ3n) is 3.88. The van der Waals surface area contributed by atoms with Crippen LogP contribution in [0.15, 0.2) is 18.3 Å². The van der Waals surface area contributed by atoms with E-state index in [9.17, 15) is 9.59 Å². The molecule has 7 heteroatoms. The van der Waals surface area contributed by atoms with Gasteiger partial charge in [0.25, 0.3) is 0 Å². The zero-order chi connectivity index (χ0) is 18.0. The average molecular weight is 336 g/mol. The van der Waals surface area contributed by atoms with Crippen LogP contribution in [0.2, 0.25) is 0 Å². The smallest absolute Gasteiger partial charge is 0.407 e. The van der Waals surface area contributed by atoms with Gasteiger partial charge in [-0.2, -0.15) is 0 Å². The van der Waals surface area contributed by atoms with Crippen molar-refractivity contribution in [2.45, 2.75) is 27.2 Å². The summed E-state index contributed by atoms with van der Waals surface area (Å²) in [5.41, 5.74) is -0.150. The number of rotatable bonds is 5. The van der Waals surface area contributed by atoms with E-state index < -0.39 is 11.5 Å². The number of methoxy groups -OCH3 is 1. The van der Waals surface area contributed by atoms with E-state index in [1.165, 1.54) is 12.0 Å². The van der Waals surface area contributed by atoms with Gasteiger partial charge < -0.3 is 19.5 Å². The Bertz CT molecular complexity index is 600. The van der Waals surface area contributed by atoms with Gasteiger partial charge in [-0.05, 0) is 17.4 Å². The van der Waals surface area contributed by atoms with Crippen LogP contribution in [0.5, 0.6) is 5.88 Å². The number of nitrogens with zero attached hydrogens (tertiary/aromatic N) is 2. The Labute approximate surface area is 141 Å². The topological polar surface area (TPSA) is 89.0 Å². The summed E-state index contributed by atoms with van der Waals surface area (Å²) in [6.07, 6.45) is 1.000. The van der Waals surface area contributed by atoms with Crippen molar-refractivity contribution in [1.29, 1.82) is 0 Å². The summed E-state index contributed by atoms with van der Waals surface area (Å²) < 4.78 is 10.5. The van der Waals surface area contributed by atoms with Gasteiger partial charge >= 0.3 is 12.1 Å². The number of carboxylic acid groups (broad SMARTS) is 1. The quantitative estimate of drug-likeness (QED) is 0.829. The highest BCUT2D eigenvalue weighted by Crippen LogP contribution is 2.36. The van der Waals surface area contributed by atoms with Crippen LogP contribution in [-0.4, -0.2) is 53.9 Å². The number of hydrogen-bond donors (Lipinski definition) is 1.